The average Bonchev–Trinajstić information content (AvgIpc) is 2.80. The summed E-state index contributed by atoms with van der Waals surface area (Å²) < 4.78 is 2.43. The molecule has 1 atom stereocenters. The Labute approximate surface area is 194 Å². The van der Waals surface area contributed by atoms with E-state index in [-0.39, 0.29) is 0 Å². The van der Waals surface area contributed by atoms with Gasteiger partial charge in [-0.3, -0.25) is 0 Å². The van der Waals surface area contributed by atoms with Crippen LogP contribution in [0.1, 0.15) is 54.4 Å². The lowest BCUT2D eigenvalue weighted by Crippen LogP contribution is -2.35. The molecule has 0 aliphatic heterocycles. The first-order valence-corrected chi connectivity index (χ1v) is 12.1. The molecule has 164 valence electrons. The van der Waals surface area contributed by atoms with Crippen molar-refractivity contribution in [2.24, 2.45) is 5.92 Å². The maximum Gasteiger partial charge on any atom is 0.212 e. The van der Waals surface area contributed by atoms with E-state index in [9.17, 15) is 0 Å². The van der Waals surface area contributed by atoms with Crippen molar-refractivity contribution < 1.29 is 4.57 Å². The van der Waals surface area contributed by atoms with Crippen LogP contribution in [0.3, 0.4) is 0 Å². The first-order valence-electron chi connectivity index (χ1n) is 12.1. The van der Waals surface area contributed by atoms with Crippen LogP contribution >= 0.6 is 0 Å². The van der Waals surface area contributed by atoms with Gasteiger partial charge in [0.05, 0.1) is 0 Å². The molecule has 1 nitrogen and oxygen atoms in total. The van der Waals surface area contributed by atoms with E-state index in [1.165, 1.54) is 71.2 Å². The van der Waals surface area contributed by atoms with Gasteiger partial charge in [-0.25, -0.2) is 0 Å². The van der Waals surface area contributed by atoms with Gasteiger partial charge in [0.2, 0.25) is 5.69 Å². The molecule has 0 spiro atoms. The zero-order valence-corrected chi connectivity index (χ0v) is 19.9. The molecule has 3 aromatic rings. The molecule has 0 saturated carbocycles. The first-order chi connectivity index (χ1) is 15.6. The fourth-order valence-corrected chi connectivity index (χ4v) is 5.02. The molecule has 0 saturated heterocycles. The Balaban J connectivity index is 1.34. The molecule has 1 heteroatoms. The van der Waals surface area contributed by atoms with Crippen molar-refractivity contribution >= 4 is 5.57 Å². The summed E-state index contributed by atoms with van der Waals surface area (Å²) in [5.74, 6) is 0.649. The Morgan fingerprint density at radius 2 is 1.66 bits per heavy atom. The third-order valence-corrected chi connectivity index (χ3v) is 6.78. The quantitative estimate of drug-likeness (QED) is 0.258. The fourth-order valence-electron chi connectivity index (χ4n) is 5.02. The van der Waals surface area contributed by atoms with Crippen molar-refractivity contribution in [2.45, 2.75) is 59.4 Å². The third-order valence-electron chi connectivity index (χ3n) is 6.78. The van der Waals surface area contributed by atoms with E-state index in [4.69, 9.17) is 0 Å². The smallest absolute Gasteiger partial charge is 0.198 e. The number of aromatic nitrogens is 1. The van der Waals surface area contributed by atoms with Crippen LogP contribution in [0.2, 0.25) is 0 Å². The van der Waals surface area contributed by atoms with Crippen LogP contribution in [0.4, 0.5) is 0 Å². The molecule has 1 aliphatic carbocycles. The summed E-state index contributed by atoms with van der Waals surface area (Å²) in [7, 11) is 0. The van der Waals surface area contributed by atoms with Crippen molar-refractivity contribution in [3.63, 3.8) is 0 Å². The first kappa shape index (κ1) is 22.3. The van der Waals surface area contributed by atoms with E-state index in [2.05, 4.69) is 110 Å². The number of hydrogen-bond acceptors (Lipinski definition) is 0. The fraction of sp³-hybridized carbons (Fsp3) is 0.323. The van der Waals surface area contributed by atoms with Crippen LogP contribution in [0.5, 0.6) is 0 Å². The van der Waals surface area contributed by atoms with Gasteiger partial charge in [-0.05, 0) is 80.3 Å². The Hall–Kier alpha value is -2.93. The predicted molar refractivity (Wildman–Crippen MR) is 136 cm³/mol. The van der Waals surface area contributed by atoms with Gasteiger partial charge in [-0.2, -0.15) is 4.57 Å². The largest absolute Gasteiger partial charge is 0.212 e. The summed E-state index contributed by atoms with van der Waals surface area (Å²) in [6.45, 7) is 7.69. The Morgan fingerprint density at radius 1 is 0.812 bits per heavy atom. The second-order valence-electron chi connectivity index (χ2n) is 9.24. The van der Waals surface area contributed by atoms with Gasteiger partial charge in [0, 0.05) is 24.1 Å². The molecular weight excluding hydrogens is 386 g/mol. The highest BCUT2D eigenvalue weighted by Gasteiger charge is 2.18. The number of unbranched alkanes of at least 4 members (excludes halogenated alkanes) is 2. The van der Waals surface area contributed by atoms with Crippen LogP contribution in [0, 0.1) is 26.7 Å². The van der Waals surface area contributed by atoms with E-state index >= 15 is 0 Å². The molecule has 2 aromatic carbocycles. The highest BCUT2D eigenvalue weighted by atomic mass is 14.9. The highest BCUT2D eigenvalue weighted by Crippen LogP contribution is 2.34. The van der Waals surface area contributed by atoms with E-state index < -0.39 is 0 Å². The van der Waals surface area contributed by atoms with Crippen molar-refractivity contribution in [1.29, 1.82) is 0 Å². The lowest BCUT2D eigenvalue weighted by Gasteiger charge is -2.23. The number of aryl methyl sites for hydroxylation is 4. The number of pyridine rings is 1. The van der Waals surface area contributed by atoms with E-state index in [1.54, 1.807) is 0 Å². The van der Waals surface area contributed by atoms with Crippen molar-refractivity contribution in [3.05, 3.63) is 107 Å². The second kappa shape index (κ2) is 10.6. The summed E-state index contributed by atoms with van der Waals surface area (Å²) in [6.07, 6.45) is 15.4. The normalized spacial score (nSPS) is 15.6. The molecule has 0 radical (unpaired) electrons. The lowest BCUT2D eigenvalue weighted by atomic mass is 9.82. The number of allylic oxidation sites excluding steroid dienone is 4. The van der Waals surface area contributed by atoms with Gasteiger partial charge in [0.25, 0.3) is 0 Å². The summed E-state index contributed by atoms with van der Waals surface area (Å²) in [6, 6.07) is 22.2. The van der Waals surface area contributed by atoms with E-state index in [1.807, 2.05) is 0 Å². The van der Waals surface area contributed by atoms with Gasteiger partial charge in [0.1, 0.15) is 6.54 Å². The maximum atomic E-state index is 2.43. The monoisotopic (exact) mass is 422 g/mol. The van der Waals surface area contributed by atoms with Crippen LogP contribution in [-0.4, -0.2) is 0 Å². The third kappa shape index (κ3) is 5.27. The molecule has 0 fully saturated rings. The van der Waals surface area contributed by atoms with Crippen molar-refractivity contribution in [1.82, 2.24) is 0 Å². The maximum absolute atomic E-state index is 2.43. The Morgan fingerprint density at radius 3 is 2.50 bits per heavy atom. The molecule has 32 heavy (non-hydrogen) atoms. The standard InChI is InChI=1S/C31H36N/c1-24-19-20-29(26(3)23-24)31-18-10-12-22-32(31)21-11-4-5-14-27-15-7-9-17-30(27)28-16-8-6-13-25(28)2/h6-10,12-13,16-20,22-23,27H,4-5,11,14-15,21H2,1-3H3/q+1. The minimum atomic E-state index is 0.649. The summed E-state index contributed by atoms with van der Waals surface area (Å²) in [5.41, 5.74) is 9.69. The van der Waals surface area contributed by atoms with Crippen LogP contribution in [-0.2, 0) is 6.54 Å². The summed E-state index contributed by atoms with van der Waals surface area (Å²) in [4.78, 5) is 0. The summed E-state index contributed by atoms with van der Waals surface area (Å²) in [5, 5.41) is 0. The topological polar surface area (TPSA) is 3.88 Å². The van der Waals surface area contributed by atoms with Crippen LogP contribution < -0.4 is 4.57 Å². The van der Waals surface area contributed by atoms with Crippen molar-refractivity contribution in [3.8, 4) is 11.3 Å². The Bertz CT molecular complexity index is 1120. The minimum Gasteiger partial charge on any atom is -0.198 e. The van der Waals surface area contributed by atoms with Gasteiger partial charge in [0.15, 0.2) is 6.20 Å². The van der Waals surface area contributed by atoms with Gasteiger partial charge in [-0.15, -0.1) is 0 Å². The molecule has 1 aliphatic rings. The van der Waals surface area contributed by atoms with Gasteiger partial charge in [-0.1, -0.05) is 66.6 Å². The molecule has 1 unspecified atom stereocenters. The van der Waals surface area contributed by atoms with Gasteiger partial charge >= 0.3 is 0 Å². The number of rotatable bonds is 8. The molecule has 0 bridgehead atoms. The van der Waals surface area contributed by atoms with E-state index in [0.29, 0.717) is 5.92 Å². The molecule has 4 rings (SSSR count). The zero-order chi connectivity index (χ0) is 22.3. The SMILES string of the molecule is Cc1ccc(-c2cccc[n+]2CCCCCC2CC=CC=C2c2ccccc2C)c(C)c1. The predicted octanol–water partition coefficient (Wildman–Crippen LogP) is 7.79. The summed E-state index contributed by atoms with van der Waals surface area (Å²) >= 11 is 0. The van der Waals surface area contributed by atoms with Crippen LogP contribution in [0.15, 0.2) is 85.1 Å². The van der Waals surface area contributed by atoms with E-state index in [0.717, 1.165) is 6.54 Å². The molecule has 1 heterocycles. The molecular formula is C31H36N+. The number of nitrogens with zero attached hydrogens (tertiary/aromatic N) is 1. The molecule has 0 N–H and O–H groups in total. The lowest BCUT2D eigenvalue weighted by molar-refractivity contribution is -0.686. The zero-order valence-electron chi connectivity index (χ0n) is 19.9. The van der Waals surface area contributed by atoms with Crippen molar-refractivity contribution in [2.75, 3.05) is 0 Å². The Kier molecular flexibility index (Phi) is 7.37. The van der Waals surface area contributed by atoms with Gasteiger partial charge < -0.3 is 0 Å². The minimum absolute atomic E-state index is 0.649. The van der Waals surface area contributed by atoms with Crippen LogP contribution in [0.25, 0.3) is 16.8 Å². The molecule has 1 aromatic heterocycles. The number of benzene rings is 2. The average molecular weight is 423 g/mol. The molecule has 0 amide bonds. The highest BCUT2D eigenvalue weighted by molar-refractivity contribution is 5.72. The second-order valence-corrected chi connectivity index (χ2v) is 9.24. The number of hydrogen-bond donors (Lipinski definition) is 0.